The summed E-state index contributed by atoms with van der Waals surface area (Å²) in [7, 11) is 0. The van der Waals surface area contributed by atoms with Crippen LogP contribution >= 0.6 is 35.0 Å². The number of benzene rings is 2. The first-order chi connectivity index (χ1) is 15.4. The lowest BCUT2D eigenvalue weighted by Gasteiger charge is -2.17. The number of hydrogen-bond acceptors (Lipinski definition) is 6. The van der Waals surface area contributed by atoms with E-state index < -0.39 is 17.9 Å². The molecule has 0 aliphatic rings. The van der Waals surface area contributed by atoms with E-state index >= 15 is 0 Å². The lowest BCUT2D eigenvalue weighted by atomic mass is 10.1. The molecule has 3 aromatic rings. The zero-order chi connectivity index (χ0) is 23.1. The van der Waals surface area contributed by atoms with Crippen LogP contribution < -0.4 is 5.32 Å². The average Bonchev–Trinajstić information content (AvgIpc) is 3.16. The number of hydrogen-bond donors (Lipinski definition) is 1. The van der Waals surface area contributed by atoms with Crippen LogP contribution in [0, 0.1) is 6.92 Å². The van der Waals surface area contributed by atoms with Crippen molar-refractivity contribution < 1.29 is 18.7 Å². The van der Waals surface area contributed by atoms with Crippen LogP contribution in [-0.2, 0) is 16.1 Å². The van der Waals surface area contributed by atoms with E-state index in [1.54, 1.807) is 24.8 Å². The summed E-state index contributed by atoms with van der Waals surface area (Å²) in [6.45, 7) is 1.70. The number of carbonyl (C=O) groups is 2. The standard InChI is InChI=1S/C23H22Cl2N2O4S/c1-14-20(27-22(31-14)15-6-4-3-5-7-15)13-30-23(29)19(10-11-32-2)26-21(28)17-9-8-16(24)12-18(17)25/h3-9,12,19H,10-11,13H2,1-2H3,(H,26,28). The molecule has 1 N–H and O–H groups in total. The topological polar surface area (TPSA) is 81.4 Å². The van der Waals surface area contributed by atoms with Gasteiger partial charge in [0.05, 0.1) is 10.6 Å². The Kier molecular flexibility index (Phi) is 8.61. The molecule has 32 heavy (non-hydrogen) atoms. The van der Waals surface area contributed by atoms with Gasteiger partial charge in [0.2, 0.25) is 5.89 Å². The number of esters is 1. The van der Waals surface area contributed by atoms with Gasteiger partial charge in [-0.2, -0.15) is 11.8 Å². The summed E-state index contributed by atoms with van der Waals surface area (Å²) in [6.07, 6.45) is 2.33. The number of nitrogens with zero attached hydrogens (tertiary/aromatic N) is 1. The fraction of sp³-hybridized carbons (Fsp3) is 0.261. The molecule has 1 unspecified atom stereocenters. The summed E-state index contributed by atoms with van der Waals surface area (Å²) < 4.78 is 11.2. The molecule has 9 heteroatoms. The van der Waals surface area contributed by atoms with Crippen molar-refractivity contribution in [2.45, 2.75) is 26.0 Å². The first-order valence-corrected chi connectivity index (χ1v) is 12.0. The van der Waals surface area contributed by atoms with Crippen molar-refractivity contribution >= 4 is 46.8 Å². The molecular weight excluding hydrogens is 471 g/mol. The Morgan fingerprint density at radius 3 is 2.62 bits per heavy atom. The molecule has 2 aromatic carbocycles. The number of aromatic nitrogens is 1. The molecule has 3 rings (SSSR count). The maximum Gasteiger partial charge on any atom is 0.329 e. The van der Waals surface area contributed by atoms with E-state index in [2.05, 4.69) is 10.3 Å². The van der Waals surface area contributed by atoms with Crippen molar-refractivity contribution in [1.29, 1.82) is 0 Å². The number of oxazole rings is 1. The molecule has 1 atom stereocenters. The Morgan fingerprint density at radius 2 is 1.94 bits per heavy atom. The predicted octanol–water partition coefficient (Wildman–Crippen LogP) is 5.55. The highest BCUT2D eigenvalue weighted by Crippen LogP contribution is 2.23. The van der Waals surface area contributed by atoms with Crippen molar-refractivity contribution in [2.24, 2.45) is 0 Å². The molecule has 0 saturated heterocycles. The average molecular weight is 493 g/mol. The lowest BCUT2D eigenvalue weighted by molar-refractivity contribution is -0.147. The Bertz CT molecular complexity index is 1090. The second-order valence-corrected chi connectivity index (χ2v) is 8.76. The predicted molar refractivity (Wildman–Crippen MR) is 127 cm³/mol. The number of ether oxygens (including phenoxy) is 1. The fourth-order valence-corrected chi connectivity index (χ4v) is 3.87. The number of thioether (sulfide) groups is 1. The lowest BCUT2D eigenvalue weighted by Crippen LogP contribution is -2.42. The van der Waals surface area contributed by atoms with E-state index in [0.29, 0.717) is 34.5 Å². The summed E-state index contributed by atoms with van der Waals surface area (Å²) in [5.74, 6) is 0.656. The van der Waals surface area contributed by atoms with Gasteiger partial charge in [0.1, 0.15) is 24.1 Å². The summed E-state index contributed by atoms with van der Waals surface area (Å²) in [6, 6.07) is 13.2. The number of nitrogens with one attached hydrogen (secondary N) is 1. The highest BCUT2D eigenvalue weighted by molar-refractivity contribution is 7.98. The van der Waals surface area contributed by atoms with Crippen molar-refractivity contribution in [3.63, 3.8) is 0 Å². The summed E-state index contributed by atoms with van der Waals surface area (Å²) in [5, 5.41) is 3.34. The molecule has 0 bridgehead atoms. The van der Waals surface area contributed by atoms with Gasteiger partial charge >= 0.3 is 5.97 Å². The van der Waals surface area contributed by atoms with E-state index in [1.165, 1.54) is 12.1 Å². The van der Waals surface area contributed by atoms with Gasteiger partial charge in [-0.1, -0.05) is 41.4 Å². The zero-order valence-electron chi connectivity index (χ0n) is 17.6. The number of halogens is 2. The smallest absolute Gasteiger partial charge is 0.329 e. The summed E-state index contributed by atoms with van der Waals surface area (Å²) in [4.78, 5) is 29.9. The molecule has 1 heterocycles. The van der Waals surface area contributed by atoms with Crippen LogP contribution in [0.25, 0.3) is 11.5 Å². The fourth-order valence-electron chi connectivity index (χ4n) is 2.90. The second kappa shape index (κ2) is 11.4. The third-order valence-electron chi connectivity index (χ3n) is 4.64. The molecule has 0 fully saturated rings. The van der Waals surface area contributed by atoms with Crippen molar-refractivity contribution in [2.75, 3.05) is 12.0 Å². The second-order valence-electron chi connectivity index (χ2n) is 6.93. The summed E-state index contributed by atoms with van der Waals surface area (Å²) >= 11 is 13.6. The first-order valence-electron chi connectivity index (χ1n) is 9.82. The quantitative estimate of drug-likeness (QED) is 0.394. The largest absolute Gasteiger partial charge is 0.458 e. The molecule has 0 aliphatic carbocycles. The van der Waals surface area contributed by atoms with Crippen LogP contribution in [0.1, 0.15) is 28.2 Å². The molecule has 0 spiro atoms. The van der Waals surface area contributed by atoms with Gasteiger partial charge < -0.3 is 14.5 Å². The Labute approximate surface area is 200 Å². The number of aryl methyl sites for hydroxylation is 1. The van der Waals surface area contributed by atoms with Crippen LogP contribution in [-0.4, -0.2) is 34.9 Å². The molecule has 1 aromatic heterocycles. The van der Waals surface area contributed by atoms with E-state index in [4.69, 9.17) is 32.4 Å². The van der Waals surface area contributed by atoms with E-state index in [9.17, 15) is 9.59 Å². The third kappa shape index (κ3) is 6.28. The number of amides is 1. The molecule has 0 radical (unpaired) electrons. The normalized spacial score (nSPS) is 11.8. The van der Waals surface area contributed by atoms with Crippen LogP contribution in [0.15, 0.2) is 52.9 Å². The van der Waals surface area contributed by atoms with Gasteiger partial charge in [-0.15, -0.1) is 0 Å². The highest BCUT2D eigenvalue weighted by Gasteiger charge is 2.24. The van der Waals surface area contributed by atoms with Crippen molar-refractivity contribution in [1.82, 2.24) is 10.3 Å². The Morgan fingerprint density at radius 1 is 1.19 bits per heavy atom. The highest BCUT2D eigenvalue weighted by atomic mass is 35.5. The van der Waals surface area contributed by atoms with Gasteiger partial charge in [-0.05, 0) is 55.7 Å². The van der Waals surface area contributed by atoms with Gasteiger partial charge in [0.15, 0.2) is 0 Å². The maximum atomic E-state index is 12.8. The maximum absolute atomic E-state index is 12.8. The minimum atomic E-state index is -0.831. The molecule has 0 saturated carbocycles. The third-order valence-corrected chi connectivity index (χ3v) is 5.83. The SMILES string of the molecule is CSCCC(NC(=O)c1ccc(Cl)cc1Cl)C(=O)OCc1nc(-c2ccccc2)oc1C. The van der Waals surface area contributed by atoms with Gasteiger partial charge in [-0.3, -0.25) is 4.79 Å². The zero-order valence-corrected chi connectivity index (χ0v) is 19.9. The molecule has 1 amide bonds. The molecule has 168 valence electrons. The molecular formula is C23H22Cl2N2O4S. The minimum absolute atomic E-state index is 0.0612. The van der Waals surface area contributed by atoms with Crippen molar-refractivity contribution in [3.05, 3.63) is 75.6 Å². The molecule has 6 nitrogen and oxygen atoms in total. The van der Waals surface area contributed by atoms with Crippen LogP contribution in [0.3, 0.4) is 0 Å². The van der Waals surface area contributed by atoms with Crippen LogP contribution in [0.2, 0.25) is 10.0 Å². The first kappa shape index (κ1) is 24.2. The van der Waals surface area contributed by atoms with E-state index in [1.807, 2.05) is 36.6 Å². The number of rotatable bonds is 9. The van der Waals surface area contributed by atoms with Gasteiger partial charge in [0.25, 0.3) is 5.91 Å². The number of carbonyl (C=O) groups excluding carboxylic acids is 2. The Balaban J connectivity index is 1.67. The van der Waals surface area contributed by atoms with E-state index in [-0.39, 0.29) is 17.2 Å². The van der Waals surface area contributed by atoms with Crippen molar-refractivity contribution in [3.8, 4) is 11.5 Å². The minimum Gasteiger partial charge on any atom is -0.458 e. The van der Waals surface area contributed by atoms with E-state index in [0.717, 1.165) is 5.56 Å². The summed E-state index contributed by atoms with van der Waals surface area (Å²) in [5.41, 5.74) is 1.59. The van der Waals surface area contributed by atoms with Crippen LogP contribution in [0.4, 0.5) is 0 Å². The van der Waals surface area contributed by atoms with Gasteiger partial charge in [0, 0.05) is 10.6 Å². The molecule has 0 aliphatic heterocycles. The van der Waals surface area contributed by atoms with Gasteiger partial charge in [-0.25, -0.2) is 9.78 Å². The Hall–Kier alpha value is -2.48. The van der Waals surface area contributed by atoms with Crippen LogP contribution in [0.5, 0.6) is 0 Å². The monoisotopic (exact) mass is 492 g/mol.